The molecule has 0 spiro atoms. The van der Waals surface area contributed by atoms with Gasteiger partial charge in [0.2, 0.25) is 5.41 Å². The predicted molar refractivity (Wildman–Crippen MR) is 82.9 cm³/mol. The quantitative estimate of drug-likeness (QED) is 0.737. The summed E-state index contributed by atoms with van der Waals surface area (Å²) in [6, 6.07) is 13.8. The van der Waals surface area contributed by atoms with Gasteiger partial charge in [-0.15, -0.1) is 0 Å². The minimum absolute atomic E-state index is 0.0104. The van der Waals surface area contributed by atoms with E-state index in [1.54, 1.807) is 30.3 Å². The number of carboxylic acid groups (broad SMARTS) is 3. The number of fused-ring (bicyclic) bond motifs is 1. The van der Waals surface area contributed by atoms with Crippen LogP contribution in [-0.4, -0.2) is 33.2 Å². The molecule has 1 aliphatic carbocycles. The van der Waals surface area contributed by atoms with Gasteiger partial charge in [-0.3, -0.25) is 14.4 Å². The van der Waals surface area contributed by atoms with Crippen molar-refractivity contribution < 1.29 is 29.7 Å². The van der Waals surface area contributed by atoms with Gasteiger partial charge in [0.1, 0.15) is 5.41 Å². The van der Waals surface area contributed by atoms with Gasteiger partial charge >= 0.3 is 17.9 Å². The van der Waals surface area contributed by atoms with Crippen molar-refractivity contribution in [3.63, 3.8) is 0 Å². The molecule has 0 saturated heterocycles. The van der Waals surface area contributed by atoms with Gasteiger partial charge in [-0.1, -0.05) is 54.6 Å². The molecule has 6 nitrogen and oxygen atoms in total. The molecule has 0 aliphatic heterocycles. The van der Waals surface area contributed by atoms with Gasteiger partial charge in [-0.05, 0) is 23.1 Å². The third kappa shape index (κ3) is 1.68. The summed E-state index contributed by atoms with van der Waals surface area (Å²) < 4.78 is 0. The number of carboxylic acids is 3. The van der Waals surface area contributed by atoms with E-state index in [-0.39, 0.29) is 17.5 Å². The van der Waals surface area contributed by atoms with E-state index in [1.165, 1.54) is 24.3 Å². The second kappa shape index (κ2) is 5.19. The lowest BCUT2D eigenvalue weighted by molar-refractivity contribution is -0.169. The molecule has 0 aromatic heterocycles. The molecule has 3 N–H and O–H groups in total. The molecule has 3 rings (SSSR count). The Morgan fingerprint density at radius 3 is 1.83 bits per heavy atom. The van der Waals surface area contributed by atoms with E-state index >= 15 is 0 Å². The van der Waals surface area contributed by atoms with Gasteiger partial charge in [0.05, 0.1) is 0 Å². The monoisotopic (exact) mass is 326 g/mol. The van der Waals surface area contributed by atoms with Gasteiger partial charge < -0.3 is 15.3 Å². The third-order valence-electron chi connectivity index (χ3n) is 4.79. The number of rotatable bonds is 4. The predicted octanol–water partition coefficient (Wildman–Crippen LogP) is 1.67. The zero-order chi connectivity index (χ0) is 17.5. The van der Waals surface area contributed by atoms with Gasteiger partial charge in [0, 0.05) is 0 Å². The first-order chi connectivity index (χ1) is 11.4. The Labute approximate surface area is 137 Å². The van der Waals surface area contributed by atoms with Crippen molar-refractivity contribution >= 4 is 17.9 Å². The van der Waals surface area contributed by atoms with Crippen LogP contribution in [-0.2, 0) is 31.6 Å². The van der Waals surface area contributed by atoms with Gasteiger partial charge in [0.15, 0.2) is 0 Å². The van der Waals surface area contributed by atoms with Crippen LogP contribution in [0.3, 0.4) is 0 Å². The van der Waals surface area contributed by atoms with Crippen LogP contribution in [0.15, 0.2) is 54.6 Å². The lowest BCUT2D eigenvalue weighted by atomic mass is 9.60. The molecular weight excluding hydrogens is 312 g/mol. The Balaban J connectivity index is 2.48. The normalized spacial score (nSPS) is 21.0. The van der Waals surface area contributed by atoms with Crippen molar-refractivity contribution in [3.05, 3.63) is 71.3 Å². The topological polar surface area (TPSA) is 112 Å². The largest absolute Gasteiger partial charge is 0.481 e. The molecule has 24 heavy (non-hydrogen) atoms. The van der Waals surface area contributed by atoms with Crippen molar-refractivity contribution in [1.82, 2.24) is 0 Å². The van der Waals surface area contributed by atoms with Crippen molar-refractivity contribution in [2.24, 2.45) is 0 Å². The van der Waals surface area contributed by atoms with Crippen LogP contribution in [0.2, 0.25) is 0 Å². The number of hydrogen-bond donors (Lipinski definition) is 3. The van der Waals surface area contributed by atoms with E-state index in [9.17, 15) is 29.7 Å². The molecule has 6 heteroatoms. The summed E-state index contributed by atoms with van der Waals surface area (Å²) in [7, 11) is 0. The molecule has 0 amide bonds. The minimum Gasteiger partial charge on any atom is -0.481 e. The summed E-state index contributed by atoms with van der Waals surface area (Å²) in [5, 5.41) is 29.8. The SMILES string of the molecule is O=C(O)C1(c2ccccc2)Cc2ccccc2C1(C(=O)O)C(=O)O. The molecule has 2 aromatic carbocycles. The second-order valence-electron chi connectivity index (χ2n) is 5.77. The van der Waals surface area contributed by atoms with Crippen molar-refractivity contribution in [2.45, 2.75) is 17.3 Å². The summed E-state index contributed by atoms with van der Waals surface area (Å²) in [6.07, 6.45) is -0.207. The molecule has 122 valence electrons. The Morgan fingerprint density at radius 2 is 1.29 bits per heavy atom. The lowest BCUT2D eigenvalue weighted by Crippen LogP contribution is -2.61. The van der Waals surface area contributed by atoms with Crippen LogP contribution in [0.5, 0.6) is 0 Å². The number of carbonyl (C=O) groups is 3. The standard InChI is InChI=1S/C18H14O6/c19-14(20)17(12-7-2-1-3-8-12)10-11-6-4-5-9-13(11)18(17,15(21)22)16(23)24/h1-9H,10H2,(H,19,20)(H,21,22)(H,23,24). The third-order valence-corrected chi connectivity index (χ3v) is 4.79. The molecular formula is C18H14O6. The van der Waals surface area contributed by atoms with Crippen molar-refractivity contribution in [1.29, 1.82) is 0 Å². The molecule has 0 heterocycles. The molecule has 1 aliphatic rings. The van der Waals surface area contributed by atoms with Gasteiger partial charge in [-0.25, -0.2) is 0 Å². The summed E-state index contributed by atoms with van der Waals surface area (Å²) in [5.74, 6) is -4.85. The highest BCUT2D eigenvalue weighted by Gasteiger charge is 2.72. The fourth-order valence-electron chi connectivity index (χ4n) is 3.78. The highest BCUT2D eigenvalue weighted by atomic mass is 16.4. The van der Waals surface area contributed by atoms with Crippen LogP contribution in [0.4, 0.5) is 0 Å². The molecule has 0 saturated carbocycles. The molecule has 0 radical (unpaired) electrons. The average Bonchev–Trinajstić information content (AvgIpc) is 2.88. The van der Waals surface area contributed by atoms with E-state index in [1.807, 2.05) is 0 Å². The van der Waals surface area contributed by atoms with E-state index in [4.69, 9.17) is 0 Å². The first-order valence-electron chi connectivity index (χ1n) is 7.23. The summed E-state index contributed by atoms with van der Waals surface area (Å²) in [4.78, 5) is 36.6. The minimum atomic E-state index is -2.60. The lowest BCUT2D eigenvalue weighted by Gasteiger charge is -2.37. The fourth-order valence-corrected chi connectivity index (χ4v) is 3.78. The molecule has 0 fully saturated rings. The maximum absolute atomic E-state index is 12.3. The van der Waals surface area contributed by atoms with Crippen LogP contribution >= 0.6 is 0 Å². The first-order valence-corrected chi connectivity index (χ1v) is 7.23. The van der Waals surface area contributed by atoms with Crippen LogP contribution in [0, 0.1) is 0 Å². The van der Waals surface area contributed by atoms with E-state index in [0.29, 0.717) is 5.56 Å². The van der Waals surface area contributed by atoms with Crippen molar-refractivity contribution in [3.8, 4) is 0 Å². The van der Waals surface area contributed by atoms with Gasteiger partial charge in [-0.2, -0.15) is 0 Å². The maximum atomic E-state index is 12.3. The first kappa shape index (κ1) is 15.7. The Bertz CT molecular complexity index is 828. The van der Waals surface area contributed by atoms with Gasteiger partial charge in [0.25, 0.3) is 0 Å². The van der Waals surface area contributed by atoms with Crippen molar-refractivity contribution in [2.75, 3.05) is 0 Å². The number of hydrogen-bond acceptors (Lipinski definition) is 3. The summed E-state index contributed by atoms with van der Waals surface area (Å²) in [5.41, 5.74) is -4.16. The molecule has 1 atom stereocenters. The fraction of sp³-hybridized carbons (Fsp3) is 0.167. The summed E-state index contributed by atoms with van der Waals surface area (Å²) >= 11 is 0. The highest BCUT2D eigenvalue weighted by molar-refractivity contribution is 6.14. The Morgan fingerprint density at radius 1 is 0.750 bits per heavy atom. The van der Waals surface area contributed by atoms with Crippen LogP contribution in [0.1, 0.15) is 16.7 Å². The van der Waals surface area contributed by atoms with Crippen LogP contribution < -0.4 is 0 Å². The number of benzene rings is 2. The zero-order valence-corrected chi connectivity index (χ0v) is 12.5. The van der Waals surface area contributed by atoms with E-state index in [0.717, 1.165) is 0 Å². The maximum Gasteiger partial charge on any atom is 0.327 e. The van der Waals surface area contributed by atoms with E-state index < -0.39 is 28.7 Å². The molecule has 1 unspecified atom stereocenters. The Kier molecular flexibility index (Phi) is 3.41. The highest BCUT2D eigenvalue weighted by Crippen LogP contribution is 2.54. The zero-order valence-electron chi connectivity index (χ0n) is 12.5. The smallest absolute Gasteiger partial charge is 0.327 e. The van der Waals surface area contributed by atoms with E-state index in [2.05, 4.69) is 0 Å². The second-order valence-corrected chi connectivity index (χ2v) is 5.77. The average molecular weight is 326 g/mol. The number of aliphatic carboxylic acids is 3. The van der Waals surface area contributed by atoms with Crippen LogP contribution in [0.25, 0.3) is 0 Å². The summed E-state index contributed by atoms with van der Waals surface area (Å²) in [6.45, 7) is 0. The Hall–Kier alpha value is -3.15. The molecule has 2 aromatic rings. The molecule has 0 bridgehead atoms.